The second-order valence-electron chi connectivity index (χ2n) is 10.1. The summed E-state index contributed by atoms with van der Waals surface area (Å²) in [6, 6.07) is 10.3. The molecule has 2 aliphatic rings. The maximum Gasteiger partial charge on any atom is 0.229 e. The number of fused-ring (bicyclic) bond motifs is 2. The Morgan fingerprint density at radius 3 is 3.03 bits per heavy atom. The Labute approximate surface area is 212 Å². The van der Waals surface area contributed by atoms with E-state index in [-0.39, 0.29) is 11.8 Å². The number of likely N-dealkylation sites (tertiary alicyclic amines) is 1. The van der Waals surface area contributed by atoms with E-state index >= 15 is 0 Å². The number of hydrogen-bond donors (Lipinski definition) is 2. The summed E-state index contributed by atoms with van der Waals surface area (Å²) < 4.78 is 6.00. The summed E-state index contributed by atoms with van der Waals surface area (Å²) in [5.74, 6) is 1.56. The first-order valence-electron chi connectivity index (χ1n) is 13.4. The third-order valence-electron chi connectivity index (χ3n) is 7.37. The van der Waals surface area contributed by atoms with E-state index in [1.54, 1.807) is 11.3 Å². The molecule has 1 amide bonds. The Balaban J connectivity index is 1.09. The van der Waals surface area contributed by atoms with E-state index in [2.05, 4.69) is 34.6 Å². The van der Waals surface area contributed by atoms with Crippen LogP contribution in [-0.2, 0) is 17.8 Å². The predicted octanol–water partition coefficient (Wildman–Crippen LogP) is 5.94. The molecule has 0 saturated carbocycles. The molecule has 1 aliphatic heterocycles. The summed E-state index contributed by atoms with van der Waals surface area (Å²) in [5.41, 5.74) is 1.97. The van der Waals surface area contributed by atoms with Gasteiger partial charge in [-0.25, -0.2) is 4.98 Å². The van der Waals surface area contributed by atoms with Crippen molar-refractivity contribution in [2.45, 2.75) is 70.8 Å². The molecule has 6 nitrogen and oxygen atoms in total. The van der Waals surface area contributed by atoms with Crippen molar-refractivity contribution < 1.29 is 9.21 Å². The van der Waals surface area contributed by atoms with E-state index < -0.39 is 0 Å². The highest BCUT2D eigenvalue weighted by molar-refractivity contribution is 7.15. The number of benzene rings is 1. The minimum Gasteiger partial charge on any atom is -0.460 e. The molecular weight excluding hydrogens is 456 g/mol. The lowest BCUT2D eigenvalue weighted by molar-refractivity contribution is -0.123. The summed E-state index contributed by atoms with van der Waals surface area (Å²) in [6.45, 7) is 6.82. The number of unbranched alkanes of at least 4 members (excludes halogenated alkanes) is 3. The molecule has 2 unspecified atom stereocenters. The van der Waals surface area contributed by atoms with Crippen LogP contribution in [0.4, 0.5) is 5.13 Å². The normalized spacial score (nSPS) is 20.3. The molecule has 1 saturated heterocycles. The van der Waals surface area contributed by atoms with Crippen LogP contribution in [0, 0.1) is 5.92 Å². The molecule has 0 spiro atoms. The van der Waals surface area contributed by atoms with Gasteiger partial charge >= 0.3 is 0 Å². The van der Waals surface area contributed by atoms with Crippen LogP contribution >= 0.6 is 11.3 Å². The molecule has 2 N–H and O–H groups in total. The number of amides is 1. The van der Waals surface area contributed by atoms with Crippen molar-refractivity contribution in [3.05, 3.63) is 46.7 Å². The third kappa shape index (κ3) is 6.07. The van der Waals surface area contributed by atoms with Crippen molar-refractivity contribution in [1.82, 2.24) is 15.2 Å². The van der Waals surface area contributed by atoms with Crippen molar-refractivity contribution in [1.29, 1.82) is 0 Å². The Kier molecular flexibility index (Phi) is 8.04. The van der Waals surface area contributed by atoms with E-state index in [1.165, 1.54) is 30.6 Å². The monoisotopic (exact) mass is 494 g/mol. The first-order chi connectivity index (χ1) is 17.2. The fourth-order valence-corrected chi connectivity index (χ4v) is 6.51. The van der Waals surface area contributed by atoms with E-state index in [9.17, 15) is 4.79 Å². The number of hydrogen-bond acceptors (Lipinski definition) is 6. The molecule has 35 heavy (non-hydrogen) atoms. The van der Waals surface area contributed by atoms with Gasteiger partial charge in [0.1, 0.15) is 11.3 Å². The fourth-order valence-electron chi connectivity index (χ4n) is 5.42. The smallest absolute Gasteiger partial charge is 0.229 e. The zero-order valence-corrected chi connectivity index (χ0v) is 21.7. The number of aryl methyl sites for hydroxylation is 1. The molecule has 0 bridgehead atoms. The second-order valence-corrected chi connectivity index (χ2v) is 11.2. The van der Waals surface area contributed by atoms with Crippen LogP contribution < -0.4 is 10.6 Å². The lowest BCUT2D eigenvalue weighted by atomic mass is 9.90. The van der Waals surface area contributed by atoms with Gasteiger partial charge in [-0.1, -0.05) is 44.4 Å². The highest BCUT2D eigenvalue weighted by Gasteiger charge is 2.31. The van der Waals surface area contributed by atoms with Crippen LogP contribution in [0.1, 0.15) is 74.1 Å². The number of furan rings is 1. The topological polar surface area (TPSA) is 70.4 Å². The van der Waals surface area contributed by atoms with E-state index in [0.717, 1.165) is 86.0 Å². The number of aromatic nitrogens is 1. The van der Waals surface area contributed by atoms with Gasteiger partial charge in [0.2, 0.25) is 5.91 Å². The van der Waals surface area contributed by atoms with Crippen LogP contribution in [0.15, 0.2) is 34.7 Å². The van der Waals surface area contributed by atoms with Crippen LogP contribution in [0.3, 0.4) is 0 Å². The number of carbonyl (C=O) groups excluding carboxylic acids is 1. The summed E-state index contributed by atoms with van der Waals surface area (Å²) in [6.07, 6.45) is 9.11. The van der Waals surface area contributed by atoms with Crippen LogP contribution in [0.2, 0.25) is 0 Å². The molecule has 0 radical (unpaired) electrons. The highest BCUT2D eigenvalue weighted by Crippen LogP contribution is 2.37. The SMILES string of the molecule is CCCCCCNc1nc2c(s1)CCCC2C(=O)NCC1CCN(Cc2cc3ccccc3o2)C1. The average molecular weight is 495 g/mol. The van der Waals surface area contributed by atoms with Gasteiger partial charge in [0.05, 0.1) is 18.2 Å². The molecule has 1 fully saturated rings. The van der Waals surface area contributed by atoms with Crippen LogP contribution in [0.5, 0.6) is 0 Å². The zero-order chi connectivity index (χ0) is 24.0. The largest absolute Gasteiger partial charge is 0.460 e. The van der Waals surface area contributed by atoms with Crippen molar-refractivity contribution >= 4 is 33.3 Å². The second kappa shape index (κ2) is 11.6. The molecular formula is C28H38N4O2S. The first kappa shape index (κ1) is 24.3. The molecule has 2 atom stereocenters. The maximum absolute atomic E-state index is 13.1. The van der Waals surface area contributed by atoms with Crippen molar-refractivity contribution in [3.63, 3.8) is 0 Å². The summed E-state index contributed by atoms with van der Waals surface area (Å²) in [5, 5.41) is 8.92. The molecule has 3 aromatic rings. The van der Waals surface area contributed by atoms with Gasteiger partial charge < -0.3 is 15.1 Å². The molecule has 7 heteroatoms. The van der Waals surface area contributed by atoms with Gasteiger partial charge in [-0.2, -0.15) is 0 Å². The Hall–Kier alpha value is -2.38. The molecule has 3 heterocycles. The van der Waals surface area contributed by atoms with E-state index in [4.69, 9.17) is 9.40 Å². The number of rotatable bonds is 11. The number of carbonyl (C=O) groups is 1. The highest BCUT2D eigenvalue weighted by atomic mass is 32.1. The third-order valence-corrected chi connectivity index (χ3v) is 8.46. The molecule has 1 aliphatic carbocycles. The number of thiazole rings is 1. The van der Waals surface area contributed by atoms with Gasteiger partial charge in [0.25, 0.3) is 0 Å². The van der Waals surface area contributed by atoms with Crippen LogP contribution in [-0.4, -0.2) is 42.0 Å². The van der Waals surface area contributed by atoms with E-state index in [0.29, 0.717) is 5.92 Å². The Morgan fingerprint density at radius 2 is 2.14 bits per heavy atom. The molecule has 5 rings (SSSR count). The zero-order valence-electron chi connectivity index (χ0n) is 20.9. The lowest BCUT2D eigenvalue weighted by Gasteiger charge is -2.21. The predicted molar refractivity (Wildman–Crippen MR) is 143 cm³/mol. The number of nitrogens with one attached hydrogen (secondary N) is 2. The minimum absolute atomic E-state index is 0.0984. The Morgan fingerprint density at radius 1 is 1.23 bits per heavy atom. The molecule has 2 aromatic heterocycles. The number of anilines is 1. The first-order valence-corrected chi connectivity index (χ1v) is 14.2. The standard InChI is InChI=1S/C28H38N4O2S/c1-2-3-4-7-14-29-28-31-26-23(10-8-12-25(26)35-28)27(33)30-17-20-13-15-32(18-20)19-22-16-21-9-5-6-11-24(21)34-22/h5-6,9,11,16,20,23H,2-4,7-8,10,12-15,17-19H2,1H3,(H,29,31)(H,30,33). The van der Waals surface area contributed by atoms with Crippen LogP contribution in [0.25, 0.3) is 11.0 Å². The number of nitrogens with zero attached hydrogens (tertiary/aromatic N) is 2. The van der Waals surface area contributed by atoms with Crippen molar-refractivity contribution in [2.24, 2.45) is 5.92 Å². The fraction of sp³-hybridized carbons (Fsp3) is 0.571. The van der Waals surface area contributed by atoms with Gasteiger partial charge in [0.15, 0.2) is 5.13 Å². The average Bonchev–Trinajstić information content (AvgIpc) is 3.59. The van der Waals surface area contributed by atoms with E-state index in [1.807, 2.05) is 18.2 Å². The molecule has 188 valence electrons. The number of para-hydroxylation sites is 1. The summed E-state index contributed by atoms with van der Waals surface area (Å²) >= 11 is 1.75. The summed E-state index contributed by atoms with van der Waals surface area (Å²) in [7, 11) is 0. The molecule has 1 aromatic carbocycles. The Bertz CT molecular complexity index is 1090. The quantitative estimate of drug-likeness (QED) is 0.323. The lowest BCUT2D eigenvalue weighted by Crippen LogP contribution is -2.35. The van der Waals surface area contributed by atoms with Crippen molar-refractivity contribution in [2.75, 3.05) is 31.5 Å². The summed E-state index contributed by atoms with van der Waals surface area (Å²) in [4.78, 5) is 21.7. The van der Waals surface area contributed by atoms with Crippen molar-refractivity contribution in [3.8, 4) is 0 Å². The van der Waals surface area contributed by atoms with Gasteiger partial charge in [-0.3, -0.25) is 9.69 Å². The minimum atomic E-state index is -0.0984. The van der Waals surface area contributed by atoms with Gasteiger partial charge in [-0.05, 0) is 56.7 Å². The van der Waals surface area contributed by atoms with Gasteiger partial charge in [0, 0.05) is 29.9 Å². The maximum atomic E-state index is 13.1. The van der Waals surface area contributed by atoms with Gasteiger partial charge in [-0.15, -0.1) is 11.3 Å².